The van der Waals surface area contributed by atoms with Crippen molar-refractivity contribution < 1.29 is 0 Å². The smallest absolute Gasteiger partial charge is 0.138 e. The number of nitrogens with zero attached hydrogens (tertiary/aromatic N) is 3. The maximum Gasteiger partial charge on any atom is 0.138 e. The second-order valence-corrected chi connectivity index (χ2v) is 8.08. The number of aromatic amines is 1. The molecule has 0 aliphatic heterocycles. The number of thiophene rings is 1. The fraction of sp³-hybridized carbons (Fsp3) is 0. The lowest BCUT2D eigenvalue weighted by Gasteiger charge is -2.11. The SMILES string of the molecule is N#Cc1cnc2sc(I)cc2c1Nc1cnc2[nH]ccc2c1Cl. The van der Waals surface area contributed by atoms with Gasteiger partial charge in [-0.05, 0) is 34.7 Å². The van der Waals surface area contributed by atoms with Crippen LogP contribution >= 0.6 is 45.5 Å². The Labute approximate surface area is 153 Å². The minimum atomic E-state index is 0.469. The van der Waals surface area contributed by atoms with Gasteiger partial charge in [-0.1, -0.05) is 11.6 Å². The molecular formula is C15H7ClIN5S. The van der Waals surface area contributed by atoms with Crippen LogP contribution in [0.5, 0.6) is 0 Å². The average molecular weight is 452 g/mol. The summed E-state index contributed by atoms with van der Waals surface area (Å²) in [4.78, 5) is 12.6. The van der Waals surface area contributed by atoms with Crippen molar-refractivity contribution >= 4 is 78.2 Å². The normalized spacial score (nSPS) is 11.0. The van der Waals surface area contributed by atoms with Gasteiger partial charge in [0.25, 0.3) is 0 Å². The minimum absolute atomic E-state index is 0.469. The van der Waals surface area contributed by atoms with Crippen molar-refractivity contribution in [2.45, 2.75) is 0 Å². The summed E-state index contributed by atoms with van der Waals surface area (Å²) in [6.07, 6.45) is 5.03. The number of pyridine rings is 2. The molecule has 4 heterocycles. The lowest BCUT2D eigenvalue weighted by molar-refractivity contribution is 1.32. The van der Waals surface area contributed by atoms with E-state index >= 15 is 0 Å². The number of hydrogen-bond acceptors (Lipinski definition) is 5. The number of nitrogens with one attached hydrogen (secondary N) is 2. The van der Waals surface area contributed by atoms with Gasteiger partial charge < -0.3 is 10.3 Å². The molecule has 4 aromatic rings. The molecule has 5 nitrogen and oxygen atoms in total. The molecule has 0 unspecified atom stereocenters. The molecule has 2 N–H and O–H groups in total. The molecule has 0 atom stereocenters. The monoisotopic (exact) mass is 451 g/mol. The second-order valence-electron chi connectivity index (χ2n) is 4.78. The highest BCUT2D eigenvalue weighted by atomic mass is 127. The molecule has 0 amide bonds. The lowest BCUT2D eigenvalue weighted by Crippen LogP contribution is -1.97. The van der Waals surface area contributed by atoms with Gasteiger partial charge in [0.2, 0.25) is 0 Å². The quantitative estimate of drug-likeness (QED) is 0.418. The molecule has 112 valence electrons. The summed E-state index contributed by atoms with van der Waals surface area (Å²) < 4.78 is 1.11. The Balaban J connectivity index is 1.91. The summed E-state index contributed by atoms with van der Waals surface area (Å²) >= 11 is 10.3. The predicted molar refractivity (Wildman–Crippen MR) is 101 cm³/mol. The molecule has 23 heavy (non-hydrogen) atoms. The molecule has 0 aliphatic carbocycles. The Kier molecular flexibility index (Phi) is 3.60. The number of halogens is 2. The number of hydrogen-bond donors (Lipinski definition) is 2. The van der Waals surface area contributed by atoms with Crippen molar-refractivity contribution in [3.63, 3.8) is 0 Å². The fourth-order valence-electron chi connectivity index (χ4n) is 2.38. The van der Waals surface area contributed by atoms with Gasteiger partial charge in [-0.2, -0.15) is 5.26 Å². The van der Waals surface area contributed by atoms with Crippen LogP contribution < -0.4 is 5.32 Å². The van der Waals surface area contributed by atoms with Crippen LogP contribution in [-0.2, 0) is 0 Å². The fourth-order valence-corrected chi connectivity index (χ4v) is 4.30. The molecule has 0 aliphatic rings. The number of nitriles is 1. The van der Waals surface area contributed by atoms with Gasteiger partial charge >= 0.3 is 0 Å². The Morgan fingerprint density at radius 1 is 1.30 bits per heavy atom. The highest BCUT2D eigenvalue weighted by Gasteiger charge is 2.15. The van der Waals surface area contributed by atoms with E-state index in [-0.39, 0.29) is 0 Å². The summed E-state index contributed by atoms with van der Waals surface area (Å²) in [6.45, 7) is 0. The minimum Gasteiger partial charge on any atom is -0.351 e. The van der Waals surface area contributed by atoms with Crippen LogP contribution in [0.3, 0.4) is 0 Å². The van der Waals surface area contributed by atoms with Crippen molar-refractivity contribution in [3.05, 3.63) is 44.2 Å². The van der Waals surface area contributed by atoms with Gasteiger partial charge in [0.05, 0.1) is 31.0 Å². The van der Waals surface area contributed by atoms with E-state index < -0.39 is 0 Å². The number of H-pyrrole nitrogens is 1. The number of rotatable bonds is 2. The van der Waals surface area contributed by atoms with Crippen LogP contribution in [0.2, 0.25) is 5.02 Å². The van der Waals surface area contributed by atoms with Crippen LogP contribution in [-0.4, -0.2) is 15.0 Å². The van der Waals surface area contributed by atoms with Crippen LogP contribution in [0.15, 0.2) is 30.7 Å². The Morgan fingerprint density at radius 3 is 3.00 bits per heavy atom. The Morgan fingerprint density at radius 2 is 2.17 bits per heavy atom. The zero-order valence-corrected chi connectivity index (χ0v) is 15.1. The van der Waals surface area contributed by atoms with E-state index in [0.29, 0.717) is 22.0 Å². The number of fused-ring (bicyclic) bond motifs is 2. The zero-order chi connectivity index (χ0) is 16.0. The maximum atomic E-state index is 9.39. The predicted octanol–water partition coefficient (Wildman–Crippen LogP) is 5.05. The van der Waals surface area contributed by atoms with Gasteiger partial charge in [-0.15, -0.1) is 11.3 Å². The van der Waals surface area contributed by atoms with Crippen LogP contribution in [0.1, 0.15) is 5.56 Å². The van der Waals surface area contributed by atoms with Gasteiger partial charge in [0.15, 0.2) is 0 Å². The van der Waals surface area contributed by atoms with E-state index in [1.165, 1.54) is 0 Å². The molecule has 0 radical (unpaired) electrons. The number of anilines is 2. The first-order chi connectivity index (χ1) is 11.2. The molecule has 0 bridgehead atoms. The summed E-state index contributed by atoms with van der Waals surface area (Å²) in [5, 5.41) is 15.0. The molecular weight excluding hydrogens is 445 g/mol. The Bertz CT molecular complexity index is 1090. The van der Waals surface area contributed by atoms with E-state index in [9.17, 15) is 5.26 Å². The van der Waals surface area contributed by atoms with Crippen molar-refractivity contribution in [1.82, 2.24) is 15.0 Å². The van der Waals surface area contributed by atoms with Crippen LogP contribution in [0, 0.1) is 14.2 Å². The van der Waals surface area contributed by atoms with Crippen LogP contribution in [0.4, 0.5) is 11.4 Å². The van der Waals surface area contributed by atoms with E-state index in [0.717, 1.165) is 24.1 Å². The third-order valence-electron chi connectivity index (χ3n) is 3.43. The molecule has 0 saturated heterocycles. The van der Waals surface area contributed by atoms with Gasteiger partial charge in [0.1, 0.15) is 16.5 Å². The first-order valence-electron chi connectivity index (χ1n) is 6.54. The first kappa shape index (κ1) is 14.7. The van der Waals surface area contributed by atoms with Gasteiger partial charge in [-0.3, -0.25) is 0 Å². The van der Waals surface area contributed by atoms with Gasteiger partial charge in [-0.25, -0.2) is 9.97 Å². The standard InChI is InChI=1S/C15H7ClIN5S/c16-12-8-1-2-19-14(8)20-6-10(12)22-13-7(4-18)5-21-15-9(13)3-11(17)23-15/h1-3,5-6H,(H,19,20)(H,21,22). The van der Waals surface area contributed by atoms with E-state index in [2.05, 4.69) is 48.9 Å². The zero-order valence-electron chi connectivity index (χ0n) is 11.4. The van der Waals surface area contributed by atoms with E-state index in [4.69, 9.17) is 11.6 Å². The number of aromatic nitrogens is 3. The van der Waals surface area contributed by atoms with Crippen molar-refractivity contribution in [3.8, 4) is 6.07 Å². The first-order valence-corrected chi connectivity index (χ1v) is 8.81. The van der Waals surface area contributed by atoms with Crippen molar-refractivity contribution in [2.24, 2.45) is 0 Å². The summed E-state index contributed by atoms with van der Waals surface area (Å²) in [5.74, 6) is 0. The van der Waals surface area contributed by atoms with Crippen molar-refractivity contribution in [1.29, 1.82) is 5.26 Å². The molecule has 0 fully saturated rings. The van der Waals surface area contributed by atoms with Gasteiger partial charge in [0, 0.05) is 23.2 Å². The summed E-state index contributed by atoms with van der Waals surface area (Å²) in [5.41, 5.74) is 2.56. The highest BCUT2D eigenvalue weighted by molar-refractivity contribution is 14.1. The third kappa shape index (κ3) is 2.43. The maximum absolute atomic E-state index is 9.39. The molecule has 0 spiro atoms. The topological polar surface area (TPSA) is 77.4 Å². The molecule has 8 heteroatoms. The highest BCUT2D eigenvalue weighted by Crippen LogP contribution is 2.37. The third-order valence-corrected chi connectivity index (χ3v) is 5.64. The van der Waals surface area contributed by atoms with Crippen LogP contribution in [0.25, 0.3) is 21.3 Å². The van der Waals surface area contributed by atoms with E-state index in [1.54, 1.807) is 29.9 Å². The molecule has 4 rings (SSSR count). The average Bonchev–Trinajstić information content (AvgIpc) is 3.16. The lowest BCUT2D eigenvalue weighted by atomic mass is 10.2. The molecule has 0 saturated carbocycles. The van der Waals surface area contributed by atoms with E-state index in [1.807, 2.05) is 12.1 Å². The molecule has 4 aromatic heterocycles. The largest absolute Gasteiger partial charge is 0.351 e. The van der Waals surface area contributed by atoms with Crippen molar-refractivity contribution in [2.75, 3.05) is 5.32 Å². The second kappa shape index (κ2) is 5.63. The molecule has 0 aromatic carbocycles. The Hall–Kier alpha value is -1.89. The summed E-state index contributed by atoms with van der Waals surface area (Å²) in [6, 6.07) is 6.05. The summed E-state index contributed by atoms with van der Waals surface area (Å²) in [7, 11) is 0.